The van der Waals surface area contributed by atoms with Crippen molar-refractivity contribution in [2.75, 3.05) is 6.61 Å². The van der Waals surface area contributed by atoms with Crippen molar-refractivity contribution < 1.29 is 4.74 Å². The molecular formula is C7H11ClN2O. The largest absolute Gasteiger partial charge is 0.477 e. The Morgan fingerprint density at radius 1 is 1.73 bits per heavy atom. The van der Waals surface area contributed by atoms with Crippen LogP contribution in [0, 0.1) is 5.41 Å². The van der Waals surface area contributed by atoms with E-state index in [9.17, 15) is 0 Å². The van der Waals surface area contributed by atoms with Gasteiger partial charge in [-0.1, -0.05) is 0 Å². The summed E-state index contributed by atoms with van der Waals surface area (Å²) in [6.45, 7) is 2.40. The fourth-order valence-electron chi connectivity index (χ4n) is 0.694. The lowest BCUT2D eigenvalue weighted by atomic mass is 10.4. The van der Waals surface area contributed by atoms with Gasteiger partial charge in [-0.05, 0) is 19.1 Å². The van der Waals surface area contributed by atoms with Gasteiger partial charge in [-0.3, -0.25) is 5.41 Å². The minimum atomic E-state index is 0. The molecule has 1 aromatic rings. The molecule has 2 N–H and O–H groups in total. The van der Waals surface area contributed by atoms with Crippen molar-refractivity contribution in [3.05, 3.63) is 24.0 Å². The predicted octanol–water partition coefficient (Wildman–Crippen LogP) is 1.80. The summed E-state index contributed by atoms with van der Waals surface area (Å²) in [5, 5.41) is 7.29. The van der Waals surface area contributed by atoms with Gasteiger partial charge in [0, 0.05) is 6.20 Å². The van der Waals surface area contributed by atoms with Gasteiger partial charge in [0.05, 0.1) is 6.61 Å². The maximum Gasteiger partial charge on any atom is 0.230 e. The lowest BCUT2D eigenvalue weighted by molar-refractivity contribution is 0.324. The first-order valence-electron chi connectivity index (χ1n) is 3.19. The molecular weight excluding hydrogens is 164 g/mol. The van der Waals surface area contributed by atoms with E-state index in [1.54, 1.807) is 12.3 Å². The second-order valence-electron chi connectivity index (χ2n) is 1.85. The number of halogens is 1. The van der Waals surface area contributed by atoms with Crippen LogP contribution in [0.15, 0.2) is 18.3 Å². The third kappa shape index (κ3) is 2.63. The summed E-state index contributed by atoms with van der Waals surface area (Å²) in [5.74, 6) is 0.201. The highest BCUT2D eigenvalue weighted by atomic mass is 35.5. The zero-order valence-corrected chi connectivity index (χ0v) is 7.07. The Morgan fingerprint density at radius 2 is 2.45 bits per heavy atom. The van der Waals surface area contributed by atoms with Gasteiger partial charge in [0.1, 0.15) is 5.69 Å². The molecule has 0 radical (unpaired) electrons. The van der Waals surface area contributed by atoms with Crippen LogP contribution in [0.1, 0.15) is 12.6 Å². The van der Waals surface area contributed by atoms with Crippen LogP contribution in [0.25, 0.3) is 0 Å². The molecule has 0 fully saturated rings. The summed E-state index contributed by atoms with van der Waals surface area (Å²) in [5.41, 5.74) is 0.724. The number of nitrogens with one attached hydrogen (secondary N) is 2. The minimum absolute atomic E-state index is 0. The molecule has 0 atom stereocenters. The van der Waals surface area contributed by atoms with Gasteiger partial charge in [-0.2, -0.15) is 0 Å². The molecule has 0 aliphatic carbocycles. The van der Waals surface area contributed by atoms with Gasteiger partial charge in [0.25, 0.3) is 0 Å². The smallest absolute Gasteiger partial charge is 0.230 e. The van der Waals surface area contributed by atoms with E-state index >= 15 is 0 Å². The first kappa shape index (κ1) is 10.0. The van der Waals surface area contributed by atoms with E-state index in [4.69, 9.17) is 10.1 Å². The van der Waals surface area contributed by atoms with E-state index in [1.165, 1.54) is 0 Å². The van der Waals surface area contributed by atoms with Gasteiger partial charge >= 0.3 is 0 Å². The van der Waals surface area contributed by atoms with Gasteiger partial charge in [-0.15, -0.1) is 12.4 Å². The SMILES string of the molecule is CCOC(=N)c1ccc[nH]1.Cl. The molecule has 1 heterocycles. The molecule has 0 aliphatic rings. The first-order chi connectivity index (χ1) is 4.84. The van der Waals surface area contributed by atoms with Crippen molar-refractivity contribution in [3.63, 3.8) is 0 Å². The lowest BCUT2D eigenvalue weighted by Crippen LogP contribution is -2.04. The zero-order chi connectivity index (χ0) is 7.40. The molecule has 0 spiro atoms. The topological polar surface area (TPSA) is 48.9 Å². The van der Waals surface area contributed by atoms with Crippen molar-refractivity contribution in [1.82, 2.24) is 4.98 Å². The molecule has 1 aromatic heterocycles. The summed E-state index contributed by atoms with van der Waals surface area (Å²) in [6.07, 6.45) is 1.77. The van der Waals surface area contributed by atoms with Crippen molar-refractivity contribution in [1.29, 1.82) is 5.41 Å². The van der Waals surface area contributed by atoms with E-state index < -0.39 is 0 Å². The molecule has 11 heavy (non-hydrogen) atoms. The van der Waals surface area contributed by atoms with E-state index in [0.717, 1.165) is 5.69 Å². The van der Waals surface area contributed by atoms with Crippen LogP contribution in [0.5, 0.6) is 0 Å². The maximum atomic E-state index is 7.29. The Balaban J connectivity index is 0.000001000. The Bertz CT molecular complexity index is 208. The fraction of sp³-hybridized carbons (Fsp3) is 0.286. The number of aromatic amines is 1. The van der Waals surface area contributed by atoms with Crippen molar-refractivity contribution in [2.45, 2.75) is 6.92 Å². The van der Waals surface area contributed by atoms with Crippen LogP contribution in [0.3, 0.4) is 0 Å². The van der Waals surface area contributed by atoms with E-state index in [-0.39, 0.29) is 18.3 Å². The second kappa shape index (κ2) is 4.79. The lowest BCUT2D eigenvalue weighted by Gasteiger charge is -2.00. The first-order valence-corrected chi connectivity index (χ1v) is 3.19. The summed E-state index contributed by atoms with van der Waals surface area (Å²) in [7, 11) is 0. The quantitative estimate of drug-likeness (QED) is 0.521. The Morgan fingerprint density at radius 3 is 2.91 bits per heavy atom. The Hall–Kier alpha value is -0.960. The average Bonchev–Trinajstić information content (AvgIpc) is 2.38. The highest BCUT2D eigenvalue weighted by Gasteiger charge is 1.99. The summed E-state index contributed by atoms with van der Waals surface area (Å²) >= 11 is 0. The molecule has 3 nitrogen and oxygen atoms in total. The number of hydrogen-bond donors (Lipinski definition) is 2. The standard InChI is InChI=1S/C7H10N2O.ClH/c1-2-10-7(8)6-4-3-5-9-6;/h3-5,8-9H,2H2,1H3;1H. The summed E-state index contributed by atoms with van der Waals surface area (Å²) in [4.78, 5) is 2.87. The summed E-state index contributed by atoms with van der Waals surface area (Å²) in [6, 6.07) is 3.64. The van der Waals surface area contributed by atoms with Crippen LogP contribution in [0.4, 0.5) is 0 Å². The molecule has 0 unspecified atom stereocenters. The van der Waals surface area contributed by atoms with Crippen molar-refractivity contribution in [2.24, 2.45) is 0 Å². The van der Waals surface area contributed by atoms with Gasteiger partial charge in [0.2, 0.25) is 5.90 Å². The molecule has 0 aromatic carbocycles. The molecule has 0 bridgehead atoms. The Kier molecular flexibility index (Phi) is 4.38. The third-order valence-electron chi connectivity index (χ3n) is 1.13. The van der Waals surface area contributed by atoms with Crippen LogP contribution in [-0.2, 0) is 4.74 Å². The van der Waals surface area contributed by atoms with Crippen molar-refractivity contribution in [3.8, 4) is 0 Å². The van der Waals surface area contributed by atoms with Crippen molar-refractivity contribution >= 4 is 18.3 Å². The molecule has 1 rings (SSSR count). The average molecular weight is 175 g/mol. The number of rotatable bonds is 2. The van der Waals surface area contributed by atoms with Crippen LogP contribution >= 0.6 is 12.4 Å². The minimum Gasteiger partial charge on any atom is -0.477 e. The molecule has 0 amide bonds. The van der Waals surface area contributed by atoms with Gasteiger partial charge in [0.15, 0.2) is 0 Å². The van der Waals surface area contributed by atoms with Gasteiger partial charge < -0.3 is 9.72 Å². The zero-order valence-electron chi connectivity index (χ0n) is 6.26. The highest BCUT2D eigenvalue weighted by molar-refractivity contribution is 5.89. The number of ether oxygens (including phenoxy) is 1. The van der Waals surface area contributed by atoms with Gasteiger partial charge in [-0.25, -0.2) is 0 Å². The maximum absolute atomic E-state index is 7.29. The number of hydrogen-bond acceptors (Lipinski definition) is 2. The Labute approximate surface area is 71.7 Å². The summed E-state index contributed by atoms with van der Waals surface area (Å²) < 4.78 is 4.94. The predicted molar refractivity (Wildman–Crippen MR) is 46.5 cm³/mol. The highest BCUT2D eigenvalue weighted by Crippen LogP contribution is 1.96. The molecule has 4 heteroatoms. The number of H-pyrrole nitrogens is 1. The van der Waals surface area contributed by atoms with E-state index in [0.29, 0.717) is 6.61 Å². The fourth-order valence-corrected chi connectivity index (χ4v) is 0.694. The number of aromatic nitrogens is 1. The molecule has 62 valence electrons. The second-order valence-corrected chi connectivity index (χ2v) is 1.85. The molecule has 0 saturated heterocycles. The van der Waals surface area contributed by atoms with E-state index in [1.807, 2.05) is 13.0 Å². The van der Waals surface area contributed by atoms with Crippen LogP contribution < -0.4 is 0 Å². The van der Waals surface area contributed by atoms with Crippen LogP contribution in [0.2, 0.25) is 0 Å². The third-order valence-corrected chi connectivity index (χ3v) is 1.13. The molecule has 0 saturated carbocycles. The monoisotopic (exact) mass is 174 g/mol. The molecule has 0 aliphatic heterocycles. The van der Waals surface area contributed by atoms with Crippen LogP contribution in [-0.4, -0.2) is 17.5 Å². The van der Waals surface area contributed by atoms with E-state index in [2.05, 4.69) is 4.98 Å². The normalized spacial score (nSPS) is 8.45.